The van der Waals surface area contributed by atoms with Crippen LogP contribution in [-0.4, -0.2) is 44.8 Å². The molecule has 0 aliphatic rings. The molecule has 1 atom stereocenters. The Morgan fingerprint density at radius 1 is 0.829 bits per heavy atom. The molecule has 41 heavy (non-hydrogen) atoms. The van der Waals surface area contributed by atoms with Crippen LogP contribution in [-0.2, 0) is 32.6 Å². The number of hydrogen-bond donors (Lipinski definition) is 1. The van der Waals surface area contributed by atoms with Gasteiger partial charge in [0, 0.05) is 24.5 Å². The number of rotatable bonds is 11. The number of anilines is 1. The molecule has 0 bridgehead atoms. The number of likely N-dealkylation sites (N-methyl/N-ethyl adjacent to an activating group) is 1. The molecule has 212 valence electrons. The molecule has 0 spiro atoms. The van der Waals surface area contributed by atoms with Crippen molar-refractivity contribution in [2.75, 3.05) is 17.9 Å². The van der Waals surface area contributed by atoms with Gasteiger partial charge in [-0.2, -0.15) is 0 Å². The third-order valence-corrected chi connectivity index (χ3v) is 9.02. The first kappa shape index (κ1) is 30.0. The summed E-state index contributed by atoms with van der Waals surface area (Å²) in [6, 6.07) is 31.1. The van der Waals surface area contributed by atoms with Crippen molar-refractivity contribution in [3.05, 3.63) is 130 Å². The summed E-state index contributed by atoms with van der Waals surface area (Å²) in [5.41, 5.74) is 2.76. The highest BCUT2D eigenvalue weighted by Gasteiger charge is 2.34. The van der Waals surface area contributed by atoms with E-state index in [1.807, 2.05) is 60.7 Å². The zero-order chi connectivity index (χ0) is 29.4. The first-order chi connectivity index (χ1) is 19.7. The van der Waals surface area contributed by atoms with Crippen molar-refractivity contribution in [2.45, 2.75) is 30.8 Å². The predicted octanol–water partition coefficient (Wildman–Crippen LogP) is 5.34. The number of halogens is 1. The van der Waals surface area contributed by atoms with Crippen LogP contribution in [0.3, 0.4) is 0 Å². The normalized spacial score (nSPS) is 11.9. The lowest BCUT2D eigenvalue weighted by Crippen LogP contribution is -2.53. The summed E-state index contributed by atoms with van der Waals surface area (Å²) < 4.78 is 29.9. The number of carbonyl (C=O) groups is 2. The summed E-state index contributed by atoms with van der Waals surface area (Å²) in [6.45, 7) is 1.42. The van der Waals surface area contributed by atoms with Crippen LogP contribution >= 0.6 is 15.9 Å². The van der Waals surface area contributed by atoms with Crippen LogP contribution in [0.2, 0.25) is 0 Å². The maximum atomic E-state index is 14.3. The minimum atomic E-state index is -4.12. The lowest BCUT2D eigenvalue weighted by molar-refractivity contribution is -0.139. The van der Waals surface area contributed by atoms with E-state index < -0.39 is 28.5 Å². The van der Waals surface area contributed by atoms with Gasteiger partial charge in [-0.3, -0.25) is 13.9 Å². The van der Waals surface area contributed by atoms with Gasteiger partial charge >= 0.3 is 0 Å². The van der Waals surface area contributed by atoms with E-state index in [9.17, 15) is 18.0 Å². The van der Waals surface area contributed by atoms with E-state index in [0.717, 1.165) is 19.9 Å². The summed E-state index contributed by atoms with van der Waals surface area (Å²) in [7, 11) is -2.59. The first-order valence-electron chi connectivity index (χ1n) is 13.1. The highest BCUT2D eigenvalue weighted by Crippen LogP contribution is 2.27. The van der Waals surface area contributed by atoms with E-state index in [-0.39, 0.29) is 23.8 Å². The lowest BCUT2D eigenvalue weighted by atomic mass is 10.0. The second kappa shape index (κ2) is 13.6. The molecule has 0 radical (unpaired) electrons. The van der Waals surface area contributed by atoms with E-state index in [1.165, 1.54) is 24.1 Å². The predicted molar refractivity (Wildman–Crippen MR) is 165 cm³/mol. The van der Waals surface area contributed by atoms with Crippen LogP contribution in [0.1, 0.15) is 16.7 Å². The molecule has 0 saturated heterocycles. The molecular formula is C32H32BrN3O4S. The second-order valence-corrected chi connectivity index (χ2v) is 12.4. The third kappa shape index (κ3) is 7.42. The van der Waals surface area contributed by atoms with Crippen molar-refractivity contribution >= 4 is 43.5 Å². The van der Waals surface area contributed by atoms with Crippen molar-refractivity contribution in [3.63, 3.8) is 0 Å². The number of sulfonamides is 1. The molecule has 4 aromatic carbocycles. The molecule has 4 rings (SSSR count). The van der Waals surface area contributed by atoms with Gasteiger partial charge in [0.15, 0.2) is 0 Å². The quantitative estimate of drug-likeness (QED) is 0.242. The van der Waals surface area contributed by atoms with Crippen molar-refractivity contribution in [2.24, 2.45) is 0 Å². The number of para-hydroxylation sites is 1. The fourth-order valence-corrected chi connectivity index (χ4v) is 6.58. The van der Waals surface area contributed by atoms with Crippen LogP contribution in [0.15, 0.2) is 119 Å². The summed E-state index contributed by atoms with van der Waals surface area (Å²) in [5.74, 6) is -0.845. The smallest absolute Gasteiger partial charge is 0.264 e. The summed E-state index contributed by atoms with van der Waals surface area (Å²) in [5, 5.41) is 2.69. The summed E-state index contributed by atoms with van der Waals surface area (Å²) in [6.07, 6.45) is 0.260. The Labute approximate surface area is 250 Å². The average Bonchev–Trinajstić information content (AvgIpc) is 2.98. The molecule has 0 aliphatic heterocycles. The minimum absolute atomic E-state index is 0.0710. The fourth-order valence-electron chi connectivity index (χ4n) is 4.63. The average molecular weight is 635 g/mol. The Bertz CT molecular complexity index is 1600. The number of hydrogen-bond acceptors (Lipinski definition) is 4. The molecule has 7 nitrogen and oxygen atoms in total. The van der Waals surface area contributed by atoms with E-state index in [1.54, 1.807) is 43.3 Å². The van der Waals surface area contributed by atoms with Crippen molar-refractivity contribution < 1.29 is 18.0 Å². The number of nitrogens with zero attached hydrogens (tertiary/aromatic N) is 2. The van der Waals surface area contributed by atoms with Crippen molar-refractivity contribution in [3.8, 4) is 0 Å². The molecule has 0 fully saturated rings. The largest absolute Gasteiger partial charge is 0.357 e. The number of aryl methyl sites for hydroxylation is 1. The summed E-state index contributed by atoms with van der Waals surface area (Å²) >= 11 is 3.48. The Morgan fingerprint density at radius 2 is 1.44 bits per heavy atom. The molecule has 1 unspecified atom stereocenters. The van der Waals surface area contributed by atoms with E-state index in [0.29, 0.717) is 11.3 Å². The van der Waals surface area contributed by atoms with Gasteiger partial charge in [0.2, 0.25) is 11.8 Å². The van der Waals surface area contributed by atoms with E-state index >= 15 is 0 Å². The molecule has 9 heteroatoms. The van der Waals surface area contributed by atoms with Gasteiger partial charge in [-0.15, -0.1) is 0 Å². The van der Waals surface area contributed by atoms with Crippen LogP contribution in [0.4, 0.5) is 5.69 Å². The van der Waals surface area contributed by atoms with Gasteiger partial charge in [-0.1, -0.05) is 94.8 Å². The third-order valence-electron chi connectivity index (χ3n) is 6.75. The molecule has 0 aliphatic carbocycles. The van der Waals surface area contributed by atoms with Gasteiger partial charge < -0.3 is 10.2 Å². The second-order valence-electron chi connectivity index (χ2n) is 9.58. The van der Waals surface area contributed by atoms with Crippen LogP contribution in [0.5, 0.6) is 0 Å². The molecule has 1 N–H and O–H groups in total. The molecule has 0 saturated carbocycles. The number of carbonyl (C=O) groups excluding carboxylic acids is 2. The maximum Gasteiger partial charge on any atom is 0.264 e. The molecule has 0 heterocycles. The van der Waals surface area contributed by atoms with Crippen molar-refractivity contribution in [1.29, 1.82) is 0 Å². The summed E-state index contributed by atoms with van der Waals surface area (Å²) in [4.78, 5) is 29.1. The molecule has 2 amide bonds. The van der Waals surface area contributed by atoms with Gasteiger partial charge in [0.1, 0.15) is 12.6 Å². The van der Waals surface area contributed by atoms with Gasteiger partial charge in [0.05, 0.1) is 10.6 Å². The van der Waals surface area contributed by atoms with Gasteiger partial charge in [-0.25, -0.2) is 8.42 Å². The van der Waals surface area contributed by atoms with Crippen LogP contribution in [0.25, 0.3) is 0 Å². The Hall–Kier alpha value is -3.95. The highest BCUT2D eigenvalue weighted by atomic mass is 79.9. The zero-order valence-electron chi connectivity index (χ0n) is 22.9. The number of nitrogens with one attached hydrogen (secondary N) is 1. The van der Waals surface area contributed by atoms with Crippen LogP contribution < -0.4 is 9.62 Å². The minimum Gasteiger partial charge on any atom is -0.357 e. The Kier molecular flexibility index (Phi) is 9.96. The van der Waals surface area contributed by atoms with Crippen LogP contribution in [0, 0.1) is 6.92 Å². The maximum absolute atomic E-state index is 14.3. The molecule has 4 aromatic rings. The Balaban J connectivity index is 1.79. The standard InChI is InChI=1S/C32H32BrN3O4S/c1-24-12-9-10-19-29(24)36(41(39,40)28-17-7-4-8-18-28)23-31(37)35(22-26-15-11-16-27(33)20-26)30(32(38)34-2)21-25-13-5-3-6-14-25/h3-20,30H,21-23H2,1-2H3,(H,34,38). The first-order valence-corrected chi connectivity index (χ1v) is 15.4. The fraction of sp³-hybridized carbons (Fsp3) is 0.188. The van der Waals surface area contributed by atoms with Gasteiger partial charge in [0.25, 0.3) is 10.0 Å². The highest BCUT2D eigenvalue weighted by molar-refractivity contribution is 9.10. The lowest BCUT2D eigenvalue weighted by Gasteiger charge is -2.34. The topological polar surface area (TPSA) is 86.8 Å². The number of benzene rings is 4. The molecule has 0 aromatic heterocycles. The zero-order valence-corrected chi connectivity index (χ0v) is 25.3. The SMILES string of the molecule is CNC(=O)C(Cc1ccccc1)N(Cc1cccc(Br)c1)C(=O)CN(c1ccccc1C)S(=O)(=O)c1ccccc1. The molecular weight excluding hydrogens is 602 g/mol. The van der Waals surface area contributed by atoms with Gasteiger partial charge in [-0.05, 0) is 53.9 Å². The monoisotopic (exact) mass is 633 g/mol. The van der Waals surface area contributed by atoms with E-state index in [2.05, 4.69) is 21.2 Å². The van der Waals surface area contributed by atoms with Crippen molar-refractivity contribution in [1.82, 2.24) is 10.2 Å². The number of amides is 2. The van der Waals surface area contributed by atoms with E-state index in [4.69, 9.17) is 0 Å². The Morgan fingerprint density at radius 3 is 2.07 bits per heavy atom.